The van der Waals surface area contributed by atoms with E-state index in [0.29, 0.717) is 13.2 Å². The van der Waals surface area contributed by atoms with Crippen LogP contribution in [0.2, 0.25) is 0 Å². The Kier molecular flexibility index (Phi) is 19.4. The number of unbranched alkanes of at least 4 members (excludes halogenated alkanes) is 13. The molecule has 1 unspecified atom stereocenters. The normalized spacial score (nSPS) is 26.1. The van der Waals surface area contributed by atoms with Crippen LogP contribution in [0.5, 0.6) is 0 Å². The fourth-order valence-electron chi connectivity index (χ4n) is 4.25. The standard InChI is InChI=1S/C26H53NO7/c1-3-4-5-6-7-8-9-10-11-12-13-14-15-16-17-32-19-21(31-2)20-33-26-23(27)25(30)24(29)22(18-28)34-26/h21-26,28-30H,3-20,27H2,1-2H3/t21?,22-,23-,24-,25-,26-/m1/s1. The molecule has 1 aliphatic rings. The molecular formula is C26H53NO7. The first-order valence-electron chi connectivity index (χ1n) is 13.6. The quantitative estimate of drug-likeness (QED) is 0.170. The van der Waals surface area contributed by atoms with Gasteiger partial charge in [0.1, 0.15) is 24.4 Å². The third-order valence-electron chi connectivity index (χ3n) is 6.65. The van der Waals surface area contributed by atoms with E-state index in [0.717, 1.165) is 6.42 Å². The molecule has 0 radical (unpaired) electrons. The highest BCUT2D eigenvalue weighted by Gasteiger charge is 2.43. The van der Waals surface area contributed by atoms with Crippen LogP contribution in [0.15, 0.2) is 0 Å². The van der Waals surface area contributed by atoms with Crippen molar-refractivity contribution in [3.63, 3.8) is 0 Å². The molecule has 8 nitrogen and oxygen atoms in total. The zero-order valence-corrected chi connectivity index (χ0v) is 21.7. The van der Waals surface area contributed by atoms with Gasteiger partial charge in [-0.05, 0) is 6.42 Å². The number of aliphatic hydroxyl groups excluding tert-OH is 3. The second-order valence-corrected chi connectivity index (χ2v) is 9.65. The summed E-state index contributed by atoms with van der Waals surface area (Å²) in [4.78, 5) is 0. The summed E-state index contributed by atoms with van der Waals surface area (Å²) in [7, 11) is 1.58. The first-order chi connectivity index (χ1) is 16.5. The third-order valence-corrected chi connectivity index (χ3v) is 6.65. The van der Waals surface area contributed by atoms with Gasteiger partial charge in [-0.2, -0.15) is 0 Å². The fourth-order valence-corrected chi connectivity index (χ4v) is 4.25. The molecule has 0 amide bonds. The lowest BCUT2D eigenvalue weighted by Gasteiger charge is -2.40. The van der Waals surface area contributed by atoms with Gasteiger partial charge in [-0.15, -0.1) is 0 Å². The van der Waals surface area contributed by atoms with E-state index >= 15 is 0 Å². The Labute approximate surface area is 207 Å². The van der Waals surface area contributed by atoms with Gasteiger partial charge in [-0.1, -0.05) is 90.4 Å². The molecule has 34 heavy (non-hydrogen) atoms. The summed E-state index contributed by atoms with van der Waals surface area (Å²) in [5.41, 5.74) is 5.88. The van der Waals surface area contributed by atoms with Crippen LogP contribution in [0.3, 0.4) is 0 Å². The summed E-state index contributed by atoms with van der Waals surface area (Å²) in [5, 5.41) is 29.1. The molecule has 1 fully saturated rings. The SMILES string of the molecule is CCCCCCCCCCCCCCCCOCC(CO[C@@H]1O[C@H](CO)[C@@H](O)[C@H](O)[C@H]1N)OC. The summed E-state index contributed by atoms with van der Waals surface area (Å²) in [5.74, 6) is 0. The zero-order chi connectivity index (χ0) is 25.0. The Bertz CT molecular complexity index is 455. The van der Waals surface area contributed by atoms with Gasteiger partial charge in [0.15, 0.2) is 6.29 Å². The number of rotatable bonds is 22. The van der Waals surface area contributed by atoms with E-state index in [1.54, 1.807) is 7.11 Å². The molecular weight excluding hydrogens is 438 g/mol. The monoisotopic (exact) mass is 491 g/mol. The number of methoxy groups -OCH3 is 1. The van der Waals surface area contributed by atoms with Crippen molar-refractivity contribution < 1.29 is 34.3 Å². The number of hydrogen-bond donors (Lipinski definition) is 4. The molecule has 6 atom stereocenters. The Morgan fingerprint density at radius 1 is 0.794 bits per heavy atom. The fraction of sp³-hybridized carbons (Fsp3) is 1.00. The predicted octanol–water partition coefficient (Wildman–Crippen LogP) is 3.28. The van der Waals surface area contributed by atoms with Crippen molar-refractivity contribution in [1.29, 1.82) is 0 Å². The van der Waals surface area contributed by atoms with E-state index < -0.39 is 37.3 Å². The van der Waals surface area contributed by atoms with Crippen molar-refractivity contribution in [3.8, 4) is 0 Å². The van der Waals surface area contributed by atoms with E-state index in [-0.39, 0.29) is 12.7 Å². The van der Waals surface area contributed by atoms with Gasteiger partial charge < -0.3 is 40.0 Å². The maximum atomic E-state index is 10.00. The number of hydrogen-bond acceptors (Lipinski definition) is 8. The molecule has 1 aliphatic heterocycles. The van der Waals surface area contributed by atoms with E-state index in [1.165, 1.54) is 83.5 Å². The third kappa shape index (κ3) is 13.7. The molecule has 0 bridgehead atoms. The highest BCUT2D eigenvalue weighted by Crippen LogP contribution is 2.21. The highest BCUT2D eigenvalue weighted by molar-refractivity contribution is 4.91. The van der Waals surface area contributed by atoms with Crippen LogP contribution in [0, 0.1) is 0 Å². The van der Waals surface area contributed by atoms with Crippen molar-refractivity contribution in [2.24, 2.45) is 5.73 Å². The molecule has 0 spiro atoms. The lowest BCUT2D eigenvalue weighted by Crippen LogP contribution is -2.62. The molecule has 204 valence electrons. The van der Waals surface area contributed by atoms with Crippen molar-refractivity contribution in [2.45, 2.75) is 134 Å². The Hall–Kier alpha value is -0.320. The van der Waals surface area contributed by atoms with Crippen molar-refractivity contribution in [3.05, 3.63) is 0 Å². The molecule has 1 saturated heterocycles. The van der Waals surface area contributed by atoms with Crippen LogP contribution in [-0.2, 0) is 18.9 Å². The first-order valence-corrected chi connectivity index (χ1v) is 13.6. The molecule has 1 rings (SSSR count). The van der Waals surface area contributed by atoms with Crippen molar-refractivity contribution in [1.82, 2.24) is 0 Å². The smallest absolute Gasteiger partial charge is 0.175 e. The summed E-state index contributed by atoms with van der Waals surface area (Å²) >= 11 is 0. The predicted molar refractivity (Wildman–Crippen MR) is 134 cm³/mol. The van der Waals surface area contributed by atoms with Crippen LogP contribution in [0.1, 0.15) is 96.8 Å². The topological polar surface area (TPSA) is 124 Å². The molecule has 5 N–H and O–H groups in total. The number of nitrogens with two attached hydrogens (primary N) is 1. The van der Waals surface area contributed by atoms with Gasteiger partial charge in [-0.25, -0.2) is 0 Å². The molecule has 0 aromatic rings. The van der Waals surface area contributed by atoms with E-state index in [1.807, 2.05) is 0 Å². The van der Waals surface area contributed by atoms with Crippen molar-refractivity contribution >= 4 is 0 Å². The summed E-state index contributed by atoms with van der Waals surface area (Å²) in [6.07, 6.45) is 14.0. The van der Waals surface area contributed by atoms with E-state index in [2.05, 4.69) is 6.92 Å². The van der Waals surface area contributed by atoms with E-state index in [9.17, 15) is 15.3 Å². The van der Waals surface area contributed by atoms with Gasteiger partial charge in [0.2, 0.25) is 0 Å². The minimum Gasteiger partial charge on any atom is -0.394 e. The van der Waals surface area contributed by atoms with Gasteiger partial charge in [-0.3, -0.25) is 0 Å². The summed E-state index contributed by atoms with van der Waals surface area (Å²) < 4.78 is 22.2. The summed E-state index contributed by atoms with van der Waals surface area (Å²) in [6.45, 7) is 3.10. The second kappa shape index (κ2) is 20.8. The minimum atomic E-state index is -1.24. The van der Waals surface area contributed by atoms with Crippen LogP contribution in [-0.4, -0.2) is 85.6 Å². The highest BCUT2D eigenvalue weighted by atomic mass is 16.7. The average Bonchev–Trinajstić information content (AvgIpc) is 2.85. The molecule has 0 aromatic carbocycles. The lowest BCUT2D eigenvalue weighted by atomic mass is 9.98. The Morgan fingerprint density at radius 3 is 1.82 bits per heavy atom. The molecule has 1 heterocycles. The molecule has 0 aromatic heterocycles. The van der Waals surface area contributed by atoms with Crippen LogP contribution in [0.25, 0.3) is 0 Å². The lowest BCUT2D eigenvalue weighted by molar-refractivity contribution is -0.271. The van der Waals surface area contributed by atoms with Crippen LogP contribution >= 0.6 is 0 Å². The Balaban J connectivity index is 1.97. The molecule has 0 saturated carbocycles. The average molecular weight is 492 g/mol. The number of aliphatic hydroxyl groups is 3. The molecule has 0 aliphatic carbocycles. The van der Waals surface area contributed by atoms with Gasteiger partial charge >= 0.3 is 0 Å². The van der Waals surface area contributed by atoms with Gasteiger partial charge in [0.05, 0.1) is 25.9 Å². The number of ether oxygens (including phenoxy) is 4. The second-order valence-electron chi connectivity index (χ2n) is 9.65. The largest absolute Gasteiger partial charge is 0.394 e. The first kappa shape index (κ1) is 31.7. The maximum absolute atomic E-state index is 10.00. The minimum absolute atomic E-state index is 0.175. The van der Waals surface area contributed by atoms with Crippen LogP contribution in [0.4, 0.5) is 0 Å². The van der Waals surface area contributed by atoms with E-state index in [4.69, 9.17) is 24.7 Å². The van der Waals surface area contributed by atoms with Crippen molar-refractivity contribution in [2.75, 3.05) is 33.5 Å². The maximum Gasteiger partial charge on any atom is 0.175 e. The Morgan fingerprint density at radius 2 is 1.32 bits per heavy atom. The van der Waals surface area contributed by atoms with Gasteiger partial charge in [0.25, 0.3) is 0 Å². The zero-order valence-electron chi connectivity index (χ0n) is 21.7. The van der Waals surface area contributed by atoms with Crippen LogP contribution < -0.4 is 5.73 Å². The summed E-state index contributed by atoms with van der Waals surface area (Å²) in [6, 6.07) is -0.910. The van der Waals surface area contributed by atoms with Gasteiger partial charge in [0, 0.05) is 13.7 Å². The molecule has 8 heteroatoms.